The van der Waals surface area contributed by atoms with Crippen LogP contribution < -0.4 is 0 Å². The zero-order valence-electron chi connectivity index (χ0n) is 9.92. The number of hydrogen-bond acceptors (Lipinski definition) is 2. The molecule has 0 aliphatic rings. The Bertz CT molecular complexity index is 414. The lowest BCUT2D eigenvalue weighted by Crippen LogP contribution is -2.20. The van der Waals surface area contributed by atoms with Crippen LogP contribution >= 0.6 is 0 Å². The third kappa shape index (κ3) is 4.37. The van der Waals surface area contributed by atoms with Gasteiger partial charge in [-0.25, -0.2) is 13.2 Å². The van der Waals surface area contributed by atoms with E-state index in [0.717, 1.165) is 12.1 Å². The normalized spacial score (nSPS) is 10.9. The van der Waals surface area contributed by atoms with E-state index >= 15 is 0 Å². The molecule has 100 valence electrons. The molecule has 1 rings (SSSR count). The first kappa shape index (κ1) is 14.5. The van der Waals surface area contributed by atoms with Crippen molar-refractivity contribution in [3.63, 3.8) is 0 Å². The Labute approximate surface area is 103 Å². The van der Waals surface area contributed by atoms with Crippen molar-refractivity contribution in [3.05, 3.63) is 35.1 Å². The lowest BCUT2D eigenvalue weighted by molar-refractivity contribution is -0.137. The van der Waals surface area contributed by atoms with E-state index in [1.165, 1.54) is 0 Å². The summed E-state index contributed by atoms with van der Waals surface area (Å²) in [7, 11) is 1.70. The molecule has 0 radical (unpaired) electrons. The van der Waals surface area contributed by atoms with Gasteiger partial charge in [0.05, 0.1) is 0 Å². The van der Waals surface area contributed by atoms with E-state index in [2.05, 4.69) is 0 Å². The molecule has 1 aromatic carbocycles. The van der Waals surface area contributed by atoms with Gasteiger partial charge in [-0.15, -0.1) is 0 Å². The number of carbonyl (C=O) groups is 1. The zero-order chi connectivity index (χ0) is 13.7. The van der Waals surface area contributed by atoms with Gasteiger partial charge >= 0.3 is 5.97 Å². The summed E-state index contributed by atoms with van der Waals surface area (Å²) in [5, 5.41) is 8.46. The fourth-order valence-corrected chi connectivity index (χ4v) is 1.59. The summed E-state index contributed by atoms with van der Waals surface area (Å²) in [4.78, 5) is 12.0. The fourth-order valence-electron chi connectivity index (χ4n) is 1.59. The molecule has 1 N–H and O–H groups in total. The Morgan fingerprint density at radius 2 is 1.83 bits per heavy atom. The number of rotatable bonds is 6. The van der Waals surface area contributed by atoms with Crippen molar-refractivity contribution in [2.24, 2.45) is 0 Å². The molecule has 0 aliphatic carbocycles. The molecular formula is C12H14F3NO2. The molecule has 0 heterocycles. The summed E-state index contributed by atoms with van der Waals surface area (Å²) < 4.78 is 38.6. The van der Waals surface area contributed by atoms with Crippen molar-refractivity contribution >= 4 is 5.97 Å². The van der Waals surface area contributed by atoms with Crippen LogP contribution in [-0.2, 0) is 11.3 Å². The number of benzene rings is 1. The summed E-state index contributed by atoms with van der Waals surface area (Å²) in [6.07, 6.45) is 0.481. The summed E-state index contributed by atoms with van der Waals surface area (Å²) in [5.41, 5.74) is 0.309. The summed E-state index contributed by atoms with van der Waals surface area (Å²) in [5.74, 6) is -4.80. The maximum Gasteiger partial charge on any atom is 0.303 e. The Kier molecular flexibility index (Phi) is 5.15. The molecule has 0 unspecified atom stereocenters. The van der Waals surface area contributed by atoms with Crippen LogP contribution in [0.3, 0.4) is 0 Å². The van der Waals surface area contributed by atoms with Gasteiger partial charge in [-0.1, -0.05) is 0 Å². The monoisotopic (exact) mass is 261 g/mol. The number of hydrogen-bond donors (Lipinski definition) is 1. The van der Waals surface area contributed by atoms with E-state index in [1.807, 2.05) is 0 Å². The molecule has 0 bridgehead atoms. The number of carboxylic acids is 1. The minimum absolute atomic E-state index is 0.0382. The predicted octanol–water partition coefficient (Wildman–Crippen LogP) is 2.40. The van der Waals surface area contributed by atoms with Crippen LogP contribution in [0.4, 0.5) is 13.2 Å². The second kappa shape index (κ2) is 6.39. The Morgan fingerprint density at radius 1 is 1.28 bits per heavy atom. The largest absolute Gasteiger partial charge is 0.481 e. The van der Waals surface area contributed by atoms with Crippen molar-refractivity contribution in [2.75, 3.05) is 13.6 Å². The van der Waals surface area contributed by atoms with Crippen LogP contribution in [0.5, 0.6) is 0 Å². The molecule has 0 atom stereocenters. The van der Waals surface area contributed by atoms with Crippen molar-refractivity contribution in [2.45, 2.75) is 19.4 Å². The van der Waals surface area contributed by atoms with Crippen molar-refractivity contribution in [3.8, 4) is 0 Å². The quantitative estimate of drug-likeness (QED) is 0.799. The van der Waals surface area contributed by atoms with Gasteiger partial charge in [0.1, 0.15) is 0 Å². The number of halogens is 3. The highest BCUT2D eigenvalue weighted by molar-refractivity contribution is 5.66. The lowest BCUT2D eigenvalue weighted by atomic mass is 10.2. The fraction of sp³-hybridized carbons (Fsp3) is 0.417. The highest BCUT2D eigenvalue weighted by Gasteiger charge is 2.11. The Hall–Kier alpha value is -1.56. The molecule has 1 aromatic rings. The van der Waals surface area contributed by atoms with E-state index in [-0.39, 0.29) is 13.0 Å². The first-order valence-corrected chi connectivity index (χ1v) is 5.44. The molecule has 6 heteroatoms. The molecule has 0 saturated carbocycles. The smallest absolute Gasteiger partial charge is 0.303 e. The van der Waals surface area contributed by atoms with Gasteiger partial charge in [0.25, 0.3) is 0 Å². The second-order valence-corrected chi connectivity index (χ2v) is 4.11. The van der Waals surface area contributed by atoms with Gasteiger partial charge < -0.3 is 10.0 Å². The third-order valence-corrected chi connectivity index (χ3v) is 2.43. The van der Waals surface area contributed by atoms with Crippen molar-refractivity contribution < 1.29 is 23.1 Å². The molecule has 0 aliphatic heterocycles. The van der Waals surface area contributed by atoms with E-state index in [1.54, 1.807) is 11.9 Å². The van der Waals surface area contributed by atoms with Gasteiger partial charge in [-0.3, -0.25) is 4.79 Å². The number of aliphatic carboxylic acids is 1. The van der Waals surface area contributed by atoms with Crippen LogP contribution in [0.1, 0.15) is 18.4 Å². The zero-order valence-corrected chi connectivity index (χ0v) is 9.92. The molecule has 0 spiro atoms. The van der Waals surface area contributed by atoms with Crippen LogP contribution in [-0.4, -0.2) is 29.6 Å². The average Bonchev–Trinajstić information content (AvgIpc) is 2.25. The Balaban J connectivity index is 2.54. The van der Waals surface area contributed by atoms with Crippen LogP contribution in [0, 0.1) is 17.5 Å². The summed E-state index contributed by atoms with van der Waals surface area (Å²) >= 11 is 0. The Morgan fingerprint density at radius 3 is 2.33 bits per heavy atom. The van der Waals surface area contributed by atoms with Gasteiger partial charge in [-0.05, 0) is 37.7 Å². The van der Waals surface area contributed by atoms with Gasteiger partial charge in [-0.2, -0.15) is 0 Å². The number of carboxylic acid groups (broad SMARTS) is 1. The van der Waals surface area contributed by atoms with E-state index in [9.17, 15) is 18.0 Å². The summed E-state index contributed by atoms with van der Waals surface area (Å²) in [6.45, 7) is 0.709. The van der Waals surface area contributed by atoms with E-state index in [0.29, 0.717) is 18.5 Å². The highest BCUT2D eigenvalue weighted by atomic mass is 19.2. The SMILES string of the molecule is CN(CCCC(=O)O)Cc1cc(F)c(F)c(F)c1. The topological polar surface area (TPSA) is 40.5 Å². The number of nitrogens with zero attached hydrogens (tertiary/aromatic N) is 1. The molecule has 0 aromatic heterocycles. The van der Waals surface area contributed by atoms with Crippen molar-refractivity contribution in [1.29, 1.82) is 0 Å². The molecule has 0 fully saturated rings. The molecule has 18 heavy (non-hydrogen) atoms. The third-order valence-electron chi connectivity index (χ3n) is 2.43. The van der Waals surface area contributed by atoms with E-state index in [4.69, 9.17) is 5.11 Å². The molecule has 3 nitrogen and oxygen atoms in total. The first-order chi connectivity index (χ1) is 8.40. The minimum atomic E-state index is -1.48. The average molecular weight is 261 g/mol. The first-order valence-electron chi connectivity index (χ1n) is 5.44. The highest BCUT2D eigenvalue weighted by Crippen LogP contribution is 2.14. The second-order valence-electron chi connectivity index (χ2n) is 4.11. The van der Waals surface area contributed by atoms with Crippen LogP contribution in [0.15, 0.2) is 12.1 Å². The van der Waals surface area contributed by atoms with Crippen LogP contribution in [0.25, 0.3) is 0 Å². The van der Waals surface area contributed by atoms with Gasteiger partial charge in [0, 0.05) is 13.0 Å². The van der Waals surface area contributed by atoms with Gasteiger partial charge in [0.15, 0.2) is 17.5 Å². The van der Waals surface area contributed by atoms with Crippen LogP contribution in [0.2, 0.25) is 0 Å². The van der Waals surface area contributed by atoms with Gasteiger partial charge in [0.2, 0.25) is 0 Å². The lowest BCUT2D eigenvalue weighted by Gasteiger charge is -2.16. The van der Waals surface area contributed by atoms with Crippen molar-refractivity contribution in [1.82, 2.24) is 4.90 Å². The summed E-state index contributed by atoms with van der Waals surface area (Å²) in [6, 6.07) is 1.87. The predicted molar refractivity (Wildman–Crippen MR) is 59.5 cm³/mol. The van der Waals surface area contributed by atoms with E-state index < -0.39 is 23.4 Å². The molecular weight excluding hydrogens is 247 g/mol. The maximum atomic E-state index is 12.9. The standard InChI is InChI=1S/C12H14F3NO2/c1-16(4-2-3-11(17)18)7-8-5-9(13)12(15)10(14)6-8/h5-6H,2-4,7H2,1H3,(H,17,18). The molecule has 0 amide bonds. The maximum absolute atomic E-state index is 12.9. The molecule has 0 saturated heterocycles. The minimum Gasteiger partial charge on any atom is -0.481 e.